The van der Waals surface area contributed by atoms with E-state index in [1.165, 1.54) is 66.7 Å². The van der Waals surface area contributed by atoms with Crippen molar-refractivity contribution >= 4 is 27.3 Å². The van der Waals surface area contributed by atoms with Crippen molar-refractivity contribution in [2.24, 2.45) is 0 Å². The molecule has 0 spiro atoms. The van der Waals surface area contributed by atoms with E-state index >= 15 is 0 Å². The monoisotopic (exact) mass is 498 g/mol. The summed E-state index contributed by atoms with van der Waals surface area (Å²) in [5.74, 6) is -0.920. The summed E-state index contributed by atoms with van der Waals surface area (Å²) in [5, 5.41) is 2.59. The van der Waals surface area contributed by atoms with Gasteiger partial charge in [0.1, 0.15) is 29.8 Å². The van der Waals surface area contributed by atoms with Gasteiger partial charge in [-0.05, 0) is 73.2 Å². The zero-order valence-corrected chi connectivity index (χ0v) is 19.2. The second kappa shape index (κ2) is 9.98. The molecule has 1 heterocycles. The lowest BCUT2D eigenvalue weighted by atomic mass is 10.2. The molecule has 0 aliphatic carbocycles. The average molecular weight is 499 g/mol. The highest BCUT2D eigenvalue weighted by molar-refractivity contribution is 7.92. The van der Waals surface area contributed by atoms with Crippen molar-refractivity contribution < 1.29 is 31.1 Å². The van der Waals surface area contributed by atoms with Gasteiger partial charge in [0.2, 0.25) is 0 Å². The molecule has 180 valence electrons. The number of anilines is 2. The fourth-order valence-corrected chi connectivity index (χ4v) is 4.51. The molecule has 3 aromatic carbocycles. The van der Waals surface area contributed by atoms with Gasteiger partial charge in [0.05, 0.1) is 10.6 Å². The topological polar surface area (TPSA) is 97.6 Å². The van der Waals surface area contributed by atoms with Crippen LogP contribution in [0.1, 0.15) is 21.9 Å². The standard InChI is InChI=1S/C25H20F2N2O5S/c1-16-6-9-18(14-24(16)35(31,32)29-22-5-3-2-4-21(22)27)28-25(30)23-13-12-20(34-23)15-33-19-10-7-17(26)8-11-19/h2-14,29H,15H2,1H3,(H,28,30). The predicted molar refractivity (Wildman–Crippen MR) is 126 cm³/mol. The molecular weight excluding hydrogens is 478 g/mol. The van der Waals surface area contributed by atoms with Gasteiger partial charge in [0.15, 0.2) is 5.76 Å². The summed E-state index contributed by atoms with van der Waals surface area (Å²) in [4.78, 5) is 12.5. The number of carbonyl (C=O) groups excluding carboxylic acids is 1. The van der Waals surface area contributed by atoms with E-state index in [1.54, 1.807) is 13.0 Å². The molecule has 7 nitrogen and oxygen atoms in total. The first kappa shape index (κ1) is 24.0. The maximum atomic E-state index is 13.9. The van der Waals surface area contributed by atoms with Gasteiger partial charge in [-0.1, -0.05) is 18.2 Å². The Kier molecular flexibility index (Phi) is 6.83. The van der Waals surface area contributed by atoms with Crippen LogP contribution in [0.25, 0.3) is 0 Å². The van der Waals surface area contributed by atoms with Gasteiger partial charge in [-0.2, -0.15) is 0 Å². The highest BCUT2D eigenvalue weighted by atomic mass is 32.2. The number of halogens is 2. The minimum absolute atomic E-state index is 0.0165. The number of rotatable bonds is 8. The third kappa shape index (κ3) is 5.85. The Bertz CT molecular complexity index is 1470. The van der Waals surface area contributed by atoms with Gasteiger partial charge in [0, 0.05) is 5.69 Å². The minimum atomic E-state index is -4.13. The molecule has 2 N–H and O–H groups in total. The Morgan fingerprint density at radius 3 is 2.46 bits per heavy atom. The van der Waals surface area contributed by atoms with Crippen LogP contribution >= 0.6 is 0 Å². The van der Waals surface area contributed by atoms with E-state index < -0.39 is 21.7 Å². The summed E-state index contributed by atoms with van der Waals surface area (Å²) in [5.41, 5.74) is 0.424. The molecule has 0 radical (unpaired) electrons. The van der Waals surface area contributed by atoms with Crippen LogP contribution in [0, 0.1) is 18.6 Å². The smallest absolute Gasteiger partial charge is 0.291 e. The van der Waals surface area contributed by atoms with Crippen LogP contribution in [-0.4, -0.2) is 14.3 Å². The molecular formula is C25H20F2N2O5S. The number of hydrogen-bond acceptors (Lipinski definition) is 5. The van der Waals surface area contributed by atoms with Gasteiger partial charge >= 0.3 is 0 Å². The van der Waals surface area contributed by atoms with Crippen molar-refractivity contribution in [3.63, 3.8) is 0 Å². The Labute approximate surface area is 200 Å². The molecule has 0 saturated carbocycles. The van der Waals surface area contributed by atoms with Crippen molar-refractivity contribution in [2.45, 2.75) is 18.4 Å². The number of para-hydroxylation sites is 1. The summed E-state index contributed by atoms with van der Waals surface area (Å²) < 4.78 is 65.8. The van der Waals surface area contributed by atoms with Crippen LogP contribution in [0.3, 0.4) is 0 Å². The molecule has 10 heteroatoms. The van der Waals surface area contributed by atoms with Gasteiger partial charge in [-0.3, -0.25) is 9.52 Å². The highest BCUT2D eigenvalue weighted by Gasteiger charge is 2.20. The van der Waals surface area contributed by atoms with Gasteiger partial charge in [-0.15, -0.1) is 0 Å². The molecule has 4 rings (SSSR count). The molecule has 0 aliphatic rings. The molecule has 0 atom stereocenters. The number of nitrogens with one attached hydrogen (secondary N) is 2. The van der Waals surface area contributed by atoms with Crippen molar-refractivity contribution in [1.82, 2.24) is 0 Å². The largest absolute Gasteiger partial charge is 0.486 e. The Morgan fingerprint density at radius 1 is 0.971 bits per heavy atom. The van der Waals surface area contributed by atoms with Gasteiger partial charge in [0.25, 0.3) is 15.9 Å². The lowest BCUT2D eigenvalue weighted by Gasteiger charge is -2.13. The van der Waals surface area contributed by atoms with Crippen LogP contribution in [0.5, 0.6) is 5.75 Å². The first-order valence-electron chi connectivity index (χ1n) is 10.4. The third-order valence-corrected chi connectivity index (χ3v) is 6.44. The van der Waals surface area contributed by atoms with E-state index in [0.717, 1.165) is 6.07 Å². The second-order valence-electron chi connectivity index (χ2n) is 7.53. The number of amides is 1. The normalized spacial score (nSPS) is 11.2. The van der Waals surface area contributed by atoms with E-state index in [-0.39, 0.29) is 34.5 Å². The fourth-order valence-electron chi connectivity index (χ4n) is 3.17. The van der Waals surface area contributed by atoms with Gasteiger partial charge in [-0.25, -0.2) is 17.2 Å². The molecule has 0 saturated heterocycles. The molecule has 1 amide bonds. The van der Waals surface area contributed by atoms with E-state index in [9.17, 15) is 22.0 Å². The summed E-state index contributed by atoms with van der Waals surface area (Å²) >= 11 is 0. The fraction of sp³-hybridized carbons (Fsp3) is 0.0800. The summed E-state index contributed by atoms with van der Waals surface area (Å²) in [6.07, 6.45) is 0. The van der Waals surface area contributed by atoms with Crippen molar-refractivity contribution in [3.05, 3.63) is 108 Å². The SMILES string of the molecule is Cc1ccc(NC(=O)c2ccc(COc3ccc(F)cc3)o2)cc1S(=O)(=O)Nc1ccccc1F. The van der Waals surface area contributed by atoms with E-state index in [0.29, 0.717) is 17.1 Å². The van der Waals surface area contributed by atoms with E-state index in [2.05, 4.69) is 10.0 Å². The van der Waals surface area contributed by atoms with Gasteiger partial charge < -0.3 is 14.5 Å². The zero-order valence-electron chi connectivity index (χ0n) is 18.4. The van der Waals surface area contributed by atoms with Crippen LogP contribution < -0.4 is 14.8 Å². The molecule has 0 bridgehead atoms. The maximum Gasteiger partial charge on any atom is 0.291 e. The number of aryl methyl sites for hydroxylation is 1. The van der Waals surface area contributed by atoms with Crippen molar-refractivity contribution in [3.8, 4) is 5.75 Å². The first-order valence-corrected chi connectivity index (χ1v) is 11.9. The quantitative estimate of drug-likeness (QED) is 0.334. The lowest BCUT2D eigenvalue weighted by Crippen LogP contribution is -2.16. The van der Waals surface area contributed by atoms with E-state index in [4.69, 9.17) is 9.15 Å². The van der Waals surface area contributed by atoms with Crippen LogP contribution in [-0.2, 0) is 16.6 Å². The lowest BCUT2D eigenvalue weighted by molar-refractivity contribution is 0.0992. The molecule has 35 heavy (non-hydrogen) atoms. The molecule has 4 aromatic rings. The molecule has 1 aromatic heterocycles. The van der Waals surface area contributed by atoms with Crippen molar-refractivity contribution in [2.75, 3.05) is 10.0 Å². The number of carbonyl (C=O) groups is 1. The maximum absolute atomic E-state index is 13.9. The van der Waals surface area contributed by atoms with Crippen LogP contribution in [0.15, 0.2) is 88.2 Å². The van der Waals surface area contributed by atoms with E-state index in [1.807, 2.05) is 0 Å². The molecule has 0 aliphatic heterocycles. The molecule has 0 unspecified atom stereocenters. The Balaban J connectivity index is 1.45. The first-order chi connectivity index (χ1) is 16.7. The highest BCUT2D eigenvalue weighted by Crippen LogP contribution is 2.25. The third-order valence-electron chi connectivity index (χ3n) is 4.93. The van der Waals surface area contributed by atoms with Crippen LogP contribution in [0.2, 0.25) is 0 Å². The number of furan rings is 1. The Morgan fingerprint density at radius 2 is 1.71 bits per heavy atom. The van der Waals surface area contributed by atoms with Crippen LogP contribution in [0.4, 0.5) is 20.2 Å². The number of sulfonamides is 1. The Hall–Kier alpha value is -4.18. The summed E-state index contributed by atoms with van der Waals surface area (Å²) in [7, 11) is -4.13. The second-order valence-corrected chi connectivity index (χ2v) is 9.18. The number of hydrogen-bond donors (Lipinski definition) is 2. The minimum Gasteiger partial charge on any atom is -0.486 e. The molecule has 0 fully saturated rings. The van der Waals surface area contributed by atoms with Crippen molar-refractivity contribution in [1.29, 1.82) is 0 Å². The average Bonchev–Trinajstić information content (AvgIpc) is 3.30. The predicted octanol–water partition coefficient (Wildman–Crippen LogP) is 5.50. The summed E-state index contributed by atoms with van der Waals surface area (Å²) in [6, 6.07) is 18.2. The number of benzene rings is 3. The zero-order chi connectivity index (χ0) is 25.0. The summed E-state index contributed by atoms with van der Waals surface area (Å²) in [6.45, 7) is 1.61. The number of ether oxygens (including phenoxy) is 1.